The van der Waals surface area contributed by atoms with Gasteiger partial charge in [-0.3, -0.25) is 9.59 Å². The summed E-state index contributed by atoms with van der Waals surface area (Å²) in [5.41, 5.74) is 1.64. The third-order valence-electron chi connectivity index (χ3n) is 3.72. The molecule has 1 aromatic heterocycles. The summed E-state index contributed by atoms with van der Waals surface area (Å²) in [7, 11) is -3.40. The Labute approximate surface area is 141 Å². The van der Waals surface area contributed by atoms with E-state index in [9.17, 15) is 18.0 Å². The fraction of sp³-hybridized carbons (Fsp3) is 0.0625. The van der Waals surface area contributed by atoms with E-state index in [2.05, 4.69) is 4.98 Å². The first kappa shape index (κ1) is 15.0. The van der Waals surface area contributed by atoms with E-state index in [0.717, 1.165) is 22.5 Å². The minimum absolute atomic E-state index is 0.0111. The minimum atomic E-state index is -3.40. The first-order valence-electron chi connectivity index (χ1n) is 6.95. The smallest absolute Gasteiger partial charge is 0.266 e. The normalized spacial score (nSPS) is 14.5. The third kappa shape index (κ3) is 2.15. The molecule has 24 heavy (non-hydrogen) atoms. The summed E-state index contributed by atoms with van der Waals surface area (Å²) in [6.45, 7) is 0. The van der Waals surface area contributed by atoms with Crippen molar-refractivity contribution in [3.63, 3.8) is 0 Å². The second kappa shape index (κ2) is 4.96. The molecule has 3 aromatic rings. The van der Waals surface area contributed by atoms with Gasteiger partial charge in [0.15, 0.2) is 0 Å². The molecule has 120 valence electrons. The molecule has 0 fully saturated rings. The van der Waals surface area contributed by atoms with Crippen LogP contribution in [0.2, 0.25) is 0 Å². The molecule has 0 unspecified atom stereocenters. The topological polar surface area (TPSA) is 84.4 Å². The van der Waals surface area contributed by atoms with E-state index in [4.69, 9.17) is 0 Å². The summed E-state index contributed by atoms with van der Waals surface area (Å²) >= 11 is 1.02. The standard InChI is InChI=1S/C16H10N2O4S2/c1-24(21,22)16-17-12-7-6-9(8-13(12)23-16)18-14(19)10-4-2-3-5-11(10)15(18)20/h2-8H,1H3. The molecule has 6 nitrogen and oxygen atoms in total. The number of carbonyl (C=O) groups is 2. The number of thiazole rings is 1. The molecule has 1 aliphatic heterocycles. The van der Waals surface area contributed by atoms with Crippen LogP contribution in [-0.4, -0.2) is 31.5 Å². The molecule has 0 saturated heterocycles. The SMILES string of the molecule is CS(=O)(=O)c1nc2ccc(N3C(=O)c4ccccc4C3=O)cc2s1. The van der Waals surface area contributed by atoms with Crippen LogP contribution >= 0.6 is 11.3 Å². The maximum Gasteiger partial charge on any atom is 0.266 e. The summed E-state index contributed by atoms with van der Waals surface area (Å²) in [4.78, 5) is 30.2. The van der Waals surface area contributed by atoms with Gasteiger partial charge in [0.25, 0.3) is 11.8 Å². The Kier molecular flexibility index (Phi) is 3.09. The zero-order valence-corrected chi connectivity index (χ0v) is 14.0. The molecule has 2 heterocycles. The fourth-order valence-electron chi connectivity index (χ4n) is 2.61. The average molecular weight is 358 g/mol. The van der Waals surface area contributed by atoms with Crippen LogP contribution in [0.4, 0.5) is 5.69 Å². The van der Waals surface area contributed by atoms with Crippen LogP contribution in [0.1, 0.15) is 20.7 Å². The van der Waals surface area contributed by atoms with Crippen LogP contribution in [0.25, 0.3) is 10.2 Å². The highest BCUT2D eigenvalue weighted by molar-refractivity contribution is 7.92. The highest BCUT2D eigenvalue weighted by atomic mass is 32.2. The molecule has 0 atom stereocenters. The van der Waals surface area contributed by atoms with Crippen molar-refractivity contribution in [3.8, 4) is 0 Å². The van der Waals surface area contributed by atoms with Gasteiger partial charge < -0.3 is 0 Å². The number of rotatable bonds is 2. The van der Waals surface area contributed by atoms with Crippen molar-refractivity contribution in [2.75, 3.05) is 11.2 Å². The number of aromatic nitrogens is 1. The fourth-order valence-corrected chi connectivity index (χ4v) is 4.48. The Morgan fingerprint density at radius 1 is 1.00 bits per heavy atom. The molecule has 2 aromatic carbocycles. The summed E-state index contributed by atoms with van der Waals surface area (Å²) in [5.74, 6) is -0.773. The number of fused-ring (bicyclic) bond motifs is 2. The quantitative estimate of drug-likeness (QED) is 0.657. The number of imide groups is 1. The van der Waals surface area contributed by atoms with Crippen molar-refractivity contribution in [2.45, 2.75) is 4.34 Å². The minimum Gasteiger partial charge on any atom is -0.268 e. The zero-order valence-electron chi connectivity index (χ0n) is 12.4. The van der Waals surface area contributed by atoms with Gasteiger partial charge in [-0.05, 0) is 30.3 Å². The van der Waals surface area contributed by atoms with Gasteiger partial charge in [-0.25, -0.2) is 18.3 Å². The van der Waals surface area contributed by atoms with Crippen molar-refractivity contribution < 1.29 is 18.0 Å². The molecular formula is C16H10N2O4S2. The number of amides is 2. The van der Waals surface area contributed by atoms with E-state index in [-0.39, 0.29) is 16.2 Å². The van der Waals surface area contributed by atoms with Crippen molar-refractivity contribution >= 4 is 48.9 Å². The Morgan fingerprint density at radius 2 is 1.62 bits per heavy atom. The predicted octanol–water partition coefficient (Wildman–Crippen LogP) is 2.50. The lowest BCUT2D eigenvalue weighted by molar-refractivity contribution is 0.0926. The van der Waals surface area contributed by atoms with Gasteiger partial charge in [0.1, 0.15) is 0 Å². The molecule has 0 radical (unpaired) electrons. The lowest BCUT2D eigenvalue weighted by Gasteiger charge is -2.13. The van der Waals surface area contributed by atoms with Crippen molar-refractivity contribution in [2.24, 2.45) is 0 Å². The molecule has 0 aliphatic carbocycles. The van der Waals surface area contributed by atoms with Gasteiger partial charge in [-0.1, -0.05) is 12.1 Å². The van der Waals surface area contributed by atoms with Crippen molar-refractivity contribution in [1.82, 2.24) is 4.98 Å². The number of carbonyl (C=O) groups excluding carboxylic acids is 2. The zero-order chi connectivity index (χ0) is 17.1. The molecule has 2 amide bonds. The number of anilines is 1. The number of benzene rings is 2. The first-order chi connectivity index (χ1) is 11.4. The number of sulfone groups is 1. The summed E-state index contributed by atoms with van der Waals surface area (Å²) in [6.07, 6.45) is 1.09. The number of nitrogens with zero attached hydrogens (tertiary/aromatic N) is 2. The van der Waals surface area contributed by atoms with E-state index in [0.29, 0.717) is 27.0 Å². The second-order valence-electron chi connectivity index (χ2n) is 5.40. The molecule has 0 spiro atoms. The van der Waals surface area contributed by atoms with Crippen LogP contribution < -0.4 is 4.90 Å². The molecule has 1 aliphatic rings. The van der Waals surface area contributed by atoms with Gasteiger partial charge in [0, 0.05) is 6.26 Å². The molecule has 0 bridgehead atoms. The number of hydrogen-bond acceptors (Lipinski definition) is 6. The van der Waals surface area contributed by atoms with Gasteiger partial charge in [-0.2, -0.15) is 0 Å². The van der Waals surface area contributed by atoms with Crippen molar-refractivity contribution in [3.05, 3.63) is 53.6 Å². The van der Waals surface area contributed by atoms with Crippen LogP contribution in [0.3, 0.4) is 0 Å². The van der Waals surface area contributed by atoms with Crippen LogP contribution in [0.5, 0.6) is 0 Å². The lowest BCUT2D eigenvalue weighted by Crippen LogP contribution is -2.29. The summed E-state index contributed by atoms with van der Waals surface area (Å²) in [5, 5.41) is 0. The van der Waals surface area contributed by atoms with E-state index in [1.807, 2.05) is 0 Å². The summed E-state index contributed by atoms with van der Waals surface area (Å²) in [6, 6.07) is 11.5. The molecular weight excluding hydrogens is 348 g/mol. The largest absolute Gasteiger partial charge is 0.268 e. The third-order valence-corrected chi connectivity index (χ3v) is 6.42. The Morgan fingerprint density at radius 3 is 2.21 bits per heavy atom. The second-order valence-corrected chi connectivity index (χ2v) is 8.62. The van der Waals surface area contributed by atoms with Gasteiger partial charge in [0.2, 0.25) is 14.2 Å². The Bertz CT molecular complexity index is 1100. The average Bonchev–Trinajstić information content (AvgIpc) is 3.07. The summed E-state index contributed by atoms with van der Waals surface area (Å²) < 4.78 is 23.9. The Balaban J connectivity index is 1.83. The van der Waals surface area contributed by atoms with Gasteiger partial charge in [0.05, 0.1) is 27.0 Å². The van der Waals surface area contributed by atoms with E-state index < -0.39 is 9.84 Å². The van der Waals surface area contributed by atoms with Crippen LogP contribution in [0.15, 0.2) is 46.8 Å². The Hall–Kier alpha value is -2.58. The van der Waals surface area contributed by atoms with E-state index >= 15 is 0 Å². The van der Waals surface area contributed by atoms with E-state index in [1.165, 1.54) is 0 Å². The lowest BCUT2D eigenvalue weighted by atomic mass is 10.1. The first-order valence-corrected chi connectivity index (χ1v) is 9.65. The highest BCUT2D eigenvalue weighted by Crippen LogP contribution is 2.33. The molecule has 0 saturated carbocycles. The molecule has 4 rings (SSSR count). The van der Waals surface area contributed by atoms with Crippen molar-refractivity contribution in [1.29, 1.82) is 0 Å². The molecule has 0 N–H and O–H groups in total. The van der Waals surface area contributed by atoms with E-state index in [1.54, 1.807) is 42.5 Å². The van der Waals surface area contributed by atoms with Gasteiger partial charge >= 0.3 is 0 Å². The van der Waals surface area contributed by atoms with Crippen LogP contribution in [-0.2, 0) is 9.84 Å². The monoisotopic (exact) mass is 358 g/mol. The predicted molar refractivity (Wildman–Crippen MR) is 90.3 cm³/mol. The number of hydrogen-bond donors (Lipinski definition) is 0. The van der Waals surface area contributed by atoms with Crippen LogP contribution in [0, 0.1) is 0 Å². The maximum absolute atomic E-state index is 12.5. The highest BCUT2D eigenvalue weighted by Gasteiger charge is 2.36. The molecule has 8 heteroatoms. The van der Waals surface area contributed by atoms with Gasteiger partial charge in [-0.15, -0.1) is 11.3 Å². The maximum atomic E-state index is 12.5.